The van der Waals surface area contributed by atoms with Gasteiger partial charge in [-0.05, 0) is 49.0 Å². The molecule has 114 valence electrons. The molecule has 3 fully saturated rings. The summed E-state index contributed by atoms with van der Waals surface area (Å²) in [5.41, 5.74) is 1.49. The quantitative estimate of drug-likeness (QED) is 0.914. The maximum atomic E-state index is 3.60. The molecule has 0 radical (unpaired) electrons. The van der Waals surface area contributed by atoms with E-state index in [1.807, 2.05) is 0 Å². The van der Waals surface area contributed by atoms with Crippen molar-refractivity contribution in [1.82, 2.24) is 10.2 Å². The molecule has 0 amide bonds. The highest BCUT2D eigenvalue weighted by atomic mass is 15.2. The first-order valence-corrected chi connectivity index (χ1v) is 8.87. The summed E-state index contributed by atoms with van der Waals surface area (Å²) < 4.78 is 0. The molecule has 4 rings (SSSR count). The van der Waals surface area contributed by atoms with Crippen molar-refractivity contribution in [3.05, 3.63) is 35.9 Å². The number of nitrogens with one attached hydrogen (secondary N) is 1. The van der Waals surface area contributed by atoms with Crippen molar-refractivity contribution in [1.29, 1.82) is 0 Å². The van der Waals surface area contributed by atoms with E-state index in [-0.39, 0.29) is 0 Å². The van der Waals surface area contributed by atoms with Gasteiger partial charge in [0.15, 0.2) is 0 Å². The van der Waals surface area contributed by atoms with Gasteiger partial charge in [-0.3, -0.25) is 4.90 Å². The highest BCUT2D eigenvalue weighted by molar-refractivity contribution is 5.16. The Bertz CT molecular complexity index is 458. The second-order valence-corrected chi connectivity index (χ2v) is 7.48. The summed E-state index contributed by atoms with van der Waals surface area (Å²) in [4.78, 5) is 2.80. The molecule has 1 saturated heterocycles. The van der Waals surface area contributed by atoms with Crippen LogP contribution in [0.4, 0.5) is 0 Å². The molecule has 21 heavy (non-hydrogen) atoms. The van der Waals surface area contributed by atoms with E-state index < -0.39 is 0 Å². The molecule has 2 saturated carbocycles. The Balaban J connectivity index is 1.40. The Hall–Kier alpha value is -0.860. The number of fused-ring (bicyclic) bond motifs is 2. The van der Waals surface area contributed by atoms with Crippen LogP contribution in [0.15, 0.2) is 30.3 Å². The van der Waals surface area contributed by atoms with E-state index >= 15 is 0 Å². The topological polar surface area (TPSA) is 15.3 Å². The number of rotatable bonds is 4. The zero-order valence-electron chi connectivity index (χ0n) is 13.0. The van der Waals surface area contributed by atoms with Crippen LogP contribution >= 0.6 is 0 Å². The molecule has 0 aromatic heterocycles. The molecule has 1 aromatic carbocycles. The molecule has 1 heterocycles. The van der Waals surface area contributed by atoms with E-state index in [0.29, 0.717) is 6.04 Å². The third-order valence-electron chi connectivity index (χ3n) is 6.14. The van der Waals surface area contributed by atoms with E-state index in [0.717, 1.165) is 24.3 Å². The summed E-state index contributed by atoms with van der Waals surface area (Å²) in [6, 6.07) is 11.7. The van der Waals surface area contributed by atoms with Gasteiger partial charge in [0.05, 0.1) is 0 Å². The molecular weight excluding hydrogens is 256 g/mol. The van der Waals surface area contributed by atoms with Crippen LogP contribution in [0, 0.1) is 17.8 Å². The number of benzene rings is 1. The van der Waals surface area contributed by atoms with Crippen LogP contribution in [0.5, 0.6) is 0 Å². The molecule has 1 aromatic rings. The number of hydrogen-bond donors (Lipinski definition) is 1. The smallest absolute Gasteiger partial charge is 0.0261 e. The van der Waals surface area contributed by atoms with E-state index in [9.17, 15) is 0 Å². The van der Waals surface area contributed by atoms with Gasteiger partial charge in [0, 0.05) is 32.2 Å². The summed E-state index contributed by atoms with van der Waals surface area (Å²) in [5.74, 6) is 3.14. The summed E-state index contributed by atoms with van der Waals surface area (Å²) in [6.45, 7) is 4.94. The largest absolute Gasteiger partial charge is 0.314 e. The lowest BCUT2D eigenvalue weighted by molar-refractivity contribution is 0.117. The van der Waals surface area contributed by atoms with Crippen molar-refractivity contribution < 1.29 is 0 Å². The first-order chi connectivity index (χ1) is 10.4. The van der Waals surface area contributed by atoms with E-state index in [4.69, 9.17) is 0 Å². The van der Waals surface area contributed by atoms with E-state index in [1.54, 1.807) is 6.42 Å². The van der Waals surface area contributed by atoms with Gasteiger partial charge in [-0.1, -0.05) is 36.8 Å². The lowest BCUT2D eigenvalue weighted by Crippen LogP contribution is -2.53. The fraction of sp³-hybridized carbons (Fsp3) is 0.684. The average Bonchev–Trinajstić information content (AvgIpc) is 3.13. The summed E-state index contributed by atoms with van der Waals surface area (Å²) >= 11 is 0. The molecule has 2 heteroatoms. The molecule has 2 nitrogen and oxygen atoms in total. The predicted octanol–water partition coefficient (Wildman–Crippen LogP) is 2.94. The third-order valence-corrected chi connectivity index (χ3v) is 6.14. The van der Waals surface area contributed by atoms with Crippen LogP contribution in [0.3, 0.4) is 0 Å². The summed E-state index contributed by atoms with van der Waals surface area (Å²) in [6.07, 6.45) is 7.31. The van der Waals surface area contributed by atoms with Crippen molar-refractivity contribution in [2.45, 2.75) is 38.1 Å². The molecule has 1 aliphatic heterocycles. The lowest BCUT2D eigenvalue weighted by atomic mass is 9.87. The van der Waals surface area contributed by atoms with E-state index in [2.05, 4.69) is 40.5 Å². The molecule has 3 aliphatic rings. The van der Waals surface area contributed by atoms with Gasteiger partial charge in [0.25, 0.3) is 0 Å². The fourth-order valence-electron chi connectivity index (χ4n) is 5.03. The maximum Gasteiger partial charge on any atom is 0.0261 e. The SMILES string of the molecule is c1ccc(CC2CNCCN2CC2CC3CCC2C3)cc1. The molecule has 4 atom stereocenters. The zero-order valence-corrected chi connectivity index (χ0v) is 13.0. The van der Waals surface area contributed by atoms with Crippen LogP contribution in [0.25, 0.3) is 0 Å². The monoisotopic (exact) mass is 284 g/mol. The molecule has 0 spiro atoms. The van der Waals surface area contributed by atoms with Gasteiger partial charge in [0.2, 0.25) is 0 Å². The van der Waals surface area contributed by atoms with Crippen molar-refractivity contribution in [2.24, 2.45) is 17.8 Å². The number of hydrogen-bond acceptors (Lipinski definition) is 2. The highest BCUT2D eigenvalue weighted by Crippen LogP contribution is 2.48. The molecule has 1 N–H and O–H groups in total. The molecule has 2 aliphatic carbocycles. The van der Waals surface area contributed by atoms with Crippen LogP contribution in [-0.4, -0.2) is 37.1 Å². The van der Waals surface area contributed by atoms with Crippen molar-refractivity contribution in [3.8, 4) is 0 Å². The van der Waals surface area contributed by atoms with E-state index in [1.165, 1.54) is 50.9 Å². The minimum atomic E-state index is 0.695. The highest BCUT2D eigenvalue weighted by Gasteiger charge is 2.40. The fourth-order valence-corrected chi connectivity index (χ4v) is 5.03. The van der Waals surface area contributed by atoms with Crippen LogP contribution in [0.1, 0.15) is 31.2 Å². The maximum absolute atomic E-state index is 3.60. The lowest BCUT2D eigenvalue weighted by Gasteiger charge is -2.39. The zero-order chi connectivity index (χ0) is 14.1. The average molecular weight is 284 g/mol. The van der Waals surface area contributed by atoms with Crippen LogP contribution in [-0.2, 0) is 6.42 Å². The van der Waals surface area contributed by atoms with Gasteiger partial charge < -0.3 is 5.32 Å². The van der Waals surface area contributed by atoms with Crippen LogP contribution < -0.4 is 5.32 Å². The Kier molecular flexibility index (Phi) is 4.00. The Morgan fingerprint density at radius 3 is 2.76 bits per heavy atom. The normalized spacial score (nSPS) is 36.2. The predicted molar refractivity (Wildman–Crippen MR) is 87.3 cm³/mol. The van der Waals surface area contributed by atoms with Gasteiger partial charge in [-0.15, -0.1) is 0 Å². The van der Waals surface area contributed by atoms with Crippen molar-refractivity contribution >= 4 is 0 Å². The Morgan fingerprint density at radius 1 is 1.10 bits per heavy atom. The summed E-state index contributed by atoms with van der Waals surface area (Å²) in [5, 5.41) is 3.60. The van der Waals surface area contributed by atoms with Gasteiger partial charge >= 0.3 is 0 Å². The first kappa shape index (κ1) is 13.8. The molecule has 2 bridgehead atoms. The Labute approximate surface area is 128 Å². The van der Waals surface area contributed by atoms with Gasteiger partial charge in [0.1, 0.15) is 0 Å². The number of nitrogens with zero attached hydrogens (tertiary/aromatic N) is 1. The van der Waals surface area contributed by atoms with Crippen LogP contribution in [0.2, 0.25) is 0 Å². The standard InChI is InChI=1S/C19H28N2/c1-2-4-15(5-3-1)12-19-13-20-8-9-21(19)14-18-11-16-6-7-17(18)10-16/h1-5,16-20H,6-14H2. The minimum absolute atomic E-state index is 0.695. The second-order valence-electron chi connectivity index (χ2n) is 7.48. The second kappa shape index (κ2) is 6.10. The third kappa shape index (κ3) is 3.02. The van der Waals surface area contributed by atoms with Crippen molar-refractivity contribution in [3.63, 3.8) is 0 Å². The van der Waals surface area contributed by atoms with Crippen molar-refractivity contribution in [2.75, 3.05) is 26.2 Å². The first-order valence-electron chi connectivity index (χ1n) is 8.87. The summed E-state index contributed by atoms with van der Waals surface area (Å²) in [7, 11) is 0. The number of piperazine rings is 1. The molecular formula is C19H28N2. The Morgan fingerprint density at radius 2 is 2.00 bits per heavy atom. The molecule has 4 unspecified atom stereocenters. The van der Waals surface area contributed by atoms with Gasteiger partial charge in [-0.25, -0.2) is 0 Å². The van der Waals surface area contributed by atoms with Gasteiger partial charge in [-0.2, -0.15) is 0 Å². The minimum Gasteiger partial charge on any atom is -0.314 e.